The first-order valence-corrected chi connectivity index (χ1v) is 5.62. The molecule has 1 aromatic heterocycles. The van der Waals surface area contributed by atoms with Gasteiger partial charge in [-0.15, -0.1) is 0 Å². The summed E-state index contributed by atoms with van der Waals surface area (Å²) in [6.07, 6.45) is 0. The number of amides is 1. The second-order valence-electron chi connectivity index (χ2n) is 4.25. The first-order chi connectivity index (χ1) is 8.54. The number of aryl methyl sites for hydroxylation is 2. The van der Waals surface area contributed by atoms with Crippen LogP contribution in [0.2, 0.25) is 0 Å². The summed E-state index contributed by atoms with van der Waals surface area (Å²) in [5, 5.41) is 6.50. The lowest BCUT2D eigenvalue weighted by Crippen LogP contribution is -2.22. The van der Waals surface area contributed by atoms with E-state index in [0.29, 0.717) is 23.6 Å². The average molecular weight is 245 g/mol. The van der Waals surface area contributed by atoms with Crippen LogP contribution in [-0.4, -0.2) is 11.1 Å². The maximum atomic E-state index is 11.9. The summed E-state index contributed by atoms with van der Waals surface area (Å²) in [5.41, 5.74) is 8.57. The normalized spacial score (nSPS) is 10.3. The number of nitrogens with one attached hydrogen (secondary N) is 1. The van der Waals surface area contributed by atoms with Crippen LogP contribution in [0.4, 0.5) is 5.69 Å². The minimum Gasteiger partial charge on any atom is -0.399 e. The first kappa shape index (κ1) is 12.2. The van der Waals surface area contributed by atoms with Crippen molar-refractivity contribution in [3.05, 3.63) is 46.8 Å². The molecule has 0 spiro atoms. The molecule has 0 atom stereocenters. The molecular weight excluding hydrogens is 230 g/mol. The number of carbonyl (C=O) groups excluding carboxylic acids is 1. The summed E-state index contributed by atoms with van der Waals surface area (Å²) in [6.45, 7) is 4.04. The topological polar surface area (TPSA) is 81.2 Å². The molecule has 0 fully saturated rings. The molecule has 1 heterocycles. The highest BCUT2D eigenvalue weighted by Gasteiger charge is 2.08. The summed E-state index contributed by atoms with van der Waals surface area (Å²) in [7, 11) is 0. The zero-order valence-electron chi connectivity index (χ0n) is 10.4. The van der Waals surface area contributed by atoms with Crippen LogP contribution in [0.1, 0.15) is 27.4 Å². The Kier molecular flexibility index (Phi) is 3.32. The number of rotatable bonds is 3. The van der Waals surface area contributed by atoms with E-state index in [-0.39, 0.29) is 5.91 Å². The van der Waals surface area contributed by atoms with E-state index in [1.807, 2.05) is 19.9 Å². The molecule has 5 heteroatoms. The number of aromatic nitrogens is 1. The molecule has 2 aromatic rings. The molecule has 1 amide bonds. The lowest BCUT2D eigenvalue weighted by Gasteiger charge is -2.05. The van der Waals surface area contributed by atoms with Gasteiger partial charge in [0.05, 0.1) is 12.2 Å². The highest BCUT2D eigenvalue weighted by atomic mass is 16.5. The average Bonchev–Trinajstić information content (AvgIpc) is 2.70. The van der Waals surface area contributed by atoms with E-state index in [1.54, 1.807) is 18.2 Å². The predicted molar refractivity (Wildman–Crippen MR) is 68.0 cm³/mol. The van der Waals surface area contributed by atoms with Gasteiger partial charge in [-0.25, -0.2) is 0 Å². The van der Waals surface area contributed by atoms with Crippen molar-refractivity contribution in [3.8, 4) is 0 Å². The van der Waals surface area contributed by atoms with Gasteiger partial charge < -0.3 is 15.6 Å². The predicted octanol–water partition coefficient (Wildman–Crippen LogP) is 1.80. The molecule has 94 valence electrons. The van der Waals surface area contributed by atoms with Gasteiger partial charge in [0.1, 0.15) is 0 Å². The first-order valence-electron chi connectivity index (χ1n) is 5.62. The summed E-state index contributed by atoms with van der Waals surface area (Å²) < 4.78 is 5.01. The third-order valence-corrected chi connectivity index (χ3v) is 2.46. The molecule has 0 unspecified atom stereocenters. The number of nitrogens with two attached hydrogens (primary N) is 1. The van der Waals surface area contributed by atoms with E-state index in [0.717, 1.165) is 11.3 Å². The third kappa shape index (κ3) is 2.88. The molecule has 0 radical (unpaired) electrons. The smallest absolute Gasteiger partial charge is 0.251 e. The lowest BCUT2D eigenvalue weighted by molar-refractivity contribution is 0.0947. The van der Waals surface area contributed by atoms with Crippen molar-refractivity contribution in [2.24, 2.45) is 0 Å². The Balaban J connectivity index is 2.03. The van der Waals surface area contributed by atoms with Crippen LogP contribution in [0.15, 0.2) is 28.8 Å². The second-order valence-corrected chi connectivity index (χ2v) is 4.25. The fraction of sp³-hybridized carbons (Fsp3) is 0.231. The number of nitrogen functional groups attached to an aromatic ring is 1. The summed E-state index contributed by atoms with van der Waals surface area (Å²) in [5.74, 6) is 0.445. The van der Waals surface area contributed by atoms with Gasteiger partial charge in [0, 0.05) is 17.3 Å². The molecule has 0 saturated carbocycles. The fourth-order valence-corrected chi connectivity index (χ4v) is 1.71. The molecule has 0 saturated heterocycles. The zero-order chi connectivity index (χ0) is 13.1. The maximum Gasteiger partial charge on any atom is 0.251 e. The number of nitrogens with zero attached hydrogens (tertiary/aromatic N) is 1. The Bertz CT molecular complexity index is 555. The molecule has 0 aliphatic rings. The molecule has 0 aliphatic carbocycles. The molecule has 5 nitrogen and oxygen atoms in total. The Hall–Kier alpha value is -2.30. The summed E-state index contributed by atoms with van der Waals surface area (Å²) in [6, 6.07) is 7.03. The Morgan fingerprint density at radius 1 is 1.33 bits per heavy atom. The largest absolute Gasteiger partial charge is 0.399 e. The summed E-state index contributed by atoms with van der Waals surface area (Å²) in [4.78, 5) is 11.9. The monoisotopic (exact) mass is 245 g/mol. The molecular formula is C13H15N3O2. The SMILES string of the molecule is Cc1cc(N)cc(C(=O)NCc2cc(C)no2)c1. The number of anilines is 1. The summed E-state index contributed by atoms with van der Waals surface area (Å²) >= 11 is 0. The maximum absolute atomic E-state index is 11.9. The van der Waals surface area contributed by atoms with E-state index in [1.165, 1.54) is 0 Å². The van der Waals surface area contributed by atoms with Gasteiger partial charge >= 0.3 is 0 Å². The standard InChI is InChI=1S/C13H15N3O2/c1-8-3-10(6-11(14)4-8)13(17)15-7-12-5-9(2)16-18-12/h3-6H,7,14H2,1-2H3,(H,15,17). The molecule has 3 N–H and O–H groups in total. The van der Waals surface area contributed by atoms with Crippen molar-refractivity contribution in [2.75, 3.05) is 5.73 Å². The number of benzene rings is 1. The molecule has 0 aliphatic heterocycles. The Labute approximate surface area is 105 Å². The molecule has 18 heavy (non-hydrogen) atoms. The van der Waals surface area contributed by atoms with Crippen molar-refractivity contribution in [2.45, 2.75) is 20.4 Å². The van der Waals surface area contributed by atoms with Gasteiger partial charge in [-0.05, 0) is 37.6 Å². The van der Waals surface area contributed by atoms with E-state index in [9.17, 15) is 4.79 Å². The lowest BCUT2D eigenvalue weighted by atomic mass is 10.1. The minimum absolute atomic E-state index is 0.181. The van der Waals surface area contributed by atoms with Gasteiger partial charge in [-0.3, -0.25) is 4.79 Å². The van der Waals surface area contributed by atoms with E-state index in [2.05, 4.69) is 10.5 Å². The van der Waals surface area contributed by atoms with Crippen molar-refractivity contribution in [1.82, 2.24) is 10.5 Å². The number of hydrogen-bond acceptors (Lipinski definition) is 4. The van der Waals surface area contributed by atoms with Crippen LogP contribution in [0, 0.1) is 13.8 Å². The zero-order valence-corrected chi connectivity index (χ0v) is 10.4. The molecule has 0 bridgehead atoms. The van der Waals surface area contributed by atoms with E-state index >= 15 is 0 Å². The van der Waals surface area contributed by atoms with Crippen molar-refractivity contribution >= 4 is 11.6 Å². The molecule has 2 rings (SSSR count). The van der Waals surface area contributed by atoms with Crippen LogP contribution in [-0.2, 0) is 6.54 Å². The van der Waals surface area contributed by atoms with Gasteiger partial charge in [0.2, 0.25) is 0 Å². The van der Waals surface area contributed by atoms with Crippen LogP contribution in [0.5, 0.6) is 0 Å². The number of hydrogen-bond donors (Lipinski definition) is 2. The van der Waals surface area contributed by atoms with Crippen LogP contribution >= 0.6 is 0 Å². The van der Waals surface area contributed by atoms with Gasteiger partial charge in [-0.1, -0.05) is 5.16 Å². The highest BCUT2D eigenvalue weighted by Crippen LogP contribution is 2.11. The Morgan fingerprint density at radius 3 is 2.72 bits per heavy atom. The fourth-order valence-electron chi connectivity index (χ4n) is 1.71. The van der Waals surface area contributed by atoms with Crippen molar-refractivity contribution in [3.63, 3.8) is 0 Å². The van der Waals surface area contributed by atoms with E-state index < -0.39 is 0 Å². The number of carbonyl (C=O) groups is 1. The Morgan fingerprint density at radius 2 is 2.11 bits per heavy atom. The second kappa shape index (κ2) is 4.91. The van der Waals surface area contributed by atoms with Crippen LogP contribution in [0.3, 0.4) is 0 Å². The third-order valence-electron chi connectivity index (χ3n) is 2.46. The molecule has 1 aromatic carbocycles. The van der Waals surface area contributed by atoms with Crippen molar-refractivity contribution < 1.29 is 9.32 Å². The minimum atomic E-state index is -0.181. The van der Waals surface area contributed by atoms with Gasteiger partial charge in [0.25, 0.3) is 5.91 Å². The van der Waals surface area contributed by atoms with Crippen LogP contribution in [0.25, 0.3) is 0 Å². The van der Waals surface area contributed by atoms with Gasteiger partial charge in [-0.2, -0.15) is 0 Å². The highest BCUT2D eigenvalue weighted by molar-refractivity contribution is 5.95. The quantitative estimate of drug-likeness (QED) is 0.808. The van der Waals surface area contributed by atoms with E-state index in [4.69, 9.17) is 10.3 Å². The van der Waals surface area contributed by atoms with Gasteiger partial charge in [0.15, 0.2) is 5.76 Å². The van der Waals surface area contributed by atoms with Crippen LogP contribution < -0.4 is 11.1 Å². The van der Waals surface area contributed by atoms with Crippen molar-refractivity contribution in [1.29, 1.82) is 0 Å².